The zero-order chi connectivity index (χ0) is 13.9. The van der Waals surface area contributed by atoms with Gasteiger partial charge in [-0.2, -0.15) is 5.10 Å². The molecule has 20 heavy (non-hydrogen) atoms. The standard InChI is InChI=1S/C15H15FN2O2/c16-13-6-2-1-5-12(13)14-9-11(10-19)18(17-14)15-7-3-4-8-20-15/h1-2,5-6,9-10,15H,3-4,7-8H2. The number of aromatic nitrogens is 2. The molecule has 0 aliphatic carbocycles. The molecule has 1 aromatic carbocycles. The van der Waals surface area contributed by atoms with Crippen LogP contribution < -0.4 is 0 Å². The third-order valence-corrected chi connectivity index (χ3v) is 3.46. The fraction of sp³-hybridized carbons (Fsp3) is 0.333. The second-order valence-corrected chi connectivity index (χ2v) is 4.82. The Bertz CT molecular complexity index is 618. The van der Waals surface area contributed by atoms with E-state index in [0.717, 1.165) is 25.5 Å². The molecule has 0 bridgehead atoms. The molecule has 0 amide bonds. The van der Waals surface area contributed by atoms with Crippen LogP contribution in [0.4, 0.5) is 4.39 Å². The summed E-state index contributed by atoms with van der Waals surface area (Å²) in [6, 6.07) is 8.00. The van der Waals surface area contributed by atoms with Crippen molar-refractivity contribution >= 4 is 6.29 Å². The van der Waals surface area contributed by atoms with Crippen LogP contribution in [0, 0.1) is 5.82 Å². The predicted octanol–water partition coefficient (Wildman–Crippen LogP) is 3.20. The highest BCUT2D eigenvalue weighted by Crippen LogP contribution is 2.27. The van der Waals surface area contributed by atoms with E-state index in [-0.39, 0.29) is 12.0 Å². The molecule has 1 aromatic heterocycles. The van der Waals surface area contributed by atoms with Crippen molar-refractivity contribution in [3.05, 3.63) is 41.8 Å². The molecule has 2 aromatic rings. The van der Waals surface area contributed by atoms with Crippen LogP contribution in [-0.2, 0) is 4.74 Å². The van der Waals surface area contributed by atoms with Crippen molar-refractivity contribution in [3.63, 3.8) is 0 Å². The van der Waals surface area contributed by atoms with Crippen molar-refractivity contribution in [2.75, 3.05) is 6.61 Å². The maximum absolute atomic E-state index is 13.8. The number of hydrogen-bond donors (Lipinski definition) is 0. The SMILES string of the molecule is O=Cc1cc(-c2ccccc2F)nn1C1CCCCO1. The molecule has 0 radical (unpaired) electrons. The average molecular weight is 274 g/mol. The van der Waals surface area contributed by atoms with E-state index in [0.29, 0.717) is 23.6 Å². The molecule has 0 spiro atoms. The highest BCUT2D eigenvalue weighted by molar-refractivity contribution is 5.76. The first-order valence-electron chi connectivity index (χ1n) is 6.71. The molecule has 1 aliphatic rings. The molecule has 2 heterocycles. The van der Waals surface area contributed by atoms with Gasteiger partial charge >= 0.3 is 0 Å². The molecule has 1 fully saturated rings. The van der Waals surface area contributed by atoms with Crippen LogP contribution in [0.3, 0.4) is 0 Å². The predicted molar refractivity (Wildman–Crippen MR) is 71.8 cm³/mol. The van der Waals surface area contributed by atoms with Gasteiger partial charge in [0, 0.05) is 12.2 Å². The molecule has 5 heteroatoms. The minimum Gasteiger partial charge on any atom is -0.356 e. The number of hydrogen-bond acceptors (Lipinski definition) is 3. The van der Waals surface area contributed by atoms with Gasteiger partial charge in [0.05, 0.1) is 5.69 Å². The van der Waals surface area contributed by atoms with Gasteiger partial charge in [0.25, 0.3) is 0 Å². The van der Waals surface area contributed by atoms with Gasteiger partial charge in [-0.05, 0) is 37.5 Å². The zero-order valence-electron chi connectivity index (χ0n) is 11.0. The Labute approximate surface area is 116 Å². The molecule has 3 rings (SSSR count). The zero-order valence-corrected chi connectivity index (χ0v) is 11.0. The molecule has 1 aliphatic heterocycles. The third kappa shape index (κ3) is 2.36. The van der Waals surface area contributed by atoms with Crippen molar-refractivity contribution in [2.24, 2.45) is 0 Å². The normalized spacial score (nSPS) is 18.9. The number of nitrogens with zero attached hydrogens (tertiary/aromatic N) is 2. The van der Waals surface area contributed by atoms with E-state index in [1.165, 1.54) is 6.07 Å². The Kier molecular flexibility index (Phi) is 3.60. The fourth-order valence-corrected chi connectivity index (χ4v) is 2.44. The van der Waals surface area contributed by atoms with Gasteiger partial charge in [0.2, 0.25) is 0 Å². The van der Waals surface area contributed by atoms with Crippen molar-refractivity contribution in [1.82, 2.24) is 9.78 Å². The summed E-state index contributed by atoms with van der Waals surface area (Å²) < 4.78 is 21.0. The Hall–Kier alpha value is -2.01. The van der Waals surface area contributed by atoms with Crippen LogP contribution in [0.2, 0.25) is 0 Å². The second-order valence-electron chi connectivity index (χ2n) is 4.82. The molecule has 0 N–H and O–H groups in total. The lowest BCUT2D eigenvalue weighted by molar-refractivity contribution is -0.0401. The number of ether oxygens (including phenoxy) is 1. The lowest BCUT2D eigenvalue weighted by Gasteiger charge is -2.23. The summed E-state index contributed by atoms with van der Waals surface area (Å²) in [5, 5.41) is 4.36. The van der Waals surface area contributed by atoms with Crippen molar-refractivity contribution < 1.29 is 13.9 Å². The third-order valence-electron chi connectivity index (χ3n) is 3.46. The smallest absolute Gasteiger partial charge is 0.168 e. The van der Waals surface area contributed by atoms with Crippen LogP contribution in [0.1, 0.15) is 36.0 Å². The molecule has 0 saturated carbocycles. The van der Waals surface area contributed by atoms with Crippen LogP contribution in [0.5, 0.6) is 0 Å². The number of aldehydes is 1. The van der Waals surface area contributed by atoms with Gasteiger partial charge in [-0.3, -0.25) is 4.79 Å². The topological polar surface area (TPSA) is 44.1 Å². The Morgan fingerprint density at radius 3 is 2.90 bits per heavy atom. The van der Waals surface area contributed by atoms with Crippen LogP contribution in [-0.4, -0.2) is 22.7 Å². The summed E-state index contributed by atoms with van der Waals surface area (Å²) in [5.41, 5.74) is 1.26. The van der Waals surface area contributed by atoms with Gasteiger partial charge < -0.3 is 4.74 Å². The quantitative estimate of drug-likeness (QED) is 0.807. The second kappa shape index (κ2) is 5.54. The maximum Gasteiger partial charge on any atom is 0.168 e. The number of benzene rings is 1. The monoisotopic (exact) mass is 274 g/mol. The highest BCUT2D eigenvalue weighted by atomic mass is 19.1. The Morgan fingerprint density at radius 2 is 2.20 bits per heavy atom. The molecule has 1 atom stereocenters. The molecular formula is C15H15FN2O2. The van der Waals surface area contributed by atoms with Crippen molar-refractivity contribution in [1.29, 1.82) is 0 Å². The first kappa shape index (κ1) is 13.0. The van der Waals surface area contributed by atoms with Crippen LogP contribution >= 0.6 is 0 Å². The number of carbonyl (C=O) groups is 1. The van der Waals surface area contributed by atoms with E-state index in [4.69, 9.17) is 4.74 Å². The first-order valence-corrected chi connectivity index (χ1v) is 6.71. The van der Waals surface area contributed by atoms with Gasteiger partial charge in [-0.1, -0.05) is 12.1 Å². The first-order chi connectivity index (χ1) is 9.79. The van der Waals surface area contributed by atoms with E-state index < -0.39 is 0 Å². The lowest BCUT2D eigenvalue weighted by Crippen LogP contribution is -2.20. The largest absolute Gasteiger partial charge is 0.356 e. The van der Waals surface area contributed by atoms with Gasteiger partial charge in [0.15, 0.2) is 12.5 Å². The number of rotatable bonds is 3. The fourth-order valence-electron chi connectivity index (χ4n) is 2.44. The molecule has 4 nitrogen and oxygen atoms in total. The number of halogens is 1. The average Bonchev–Trinajstić information content (AvgIpc) is 2.92. The minimum atomic E-state index is -0.348. The summed E-state index contributed by atoms with van der Waals surface area (Å²) >= 11 is 0. The minimum absolute atomic E-state index is 0.232. The van der Waals surface area contributed by atoms with Crippen molar-refractivity contribution in [2.45, 2.75) is 25.5 Å². The summed E-state index contributed by atoms with van der Waals surface area (Å²) in [6.07, 6.45) is 3.38. The maximum atomic E-state index is 13.8. The number of carbonyl (C=O) groups excluding carboxylic acids is 1. The lowest BCUT2D eigenvalue weighted by atomic mass is 10.1. The van der Waals surface area contributed by atoms with E-state index in [9.17, 15) is 9.18 Å². The van der Waals surface area contributed by atoms with Crippen LogP contribution in [0.25, 0.3) is 11.3 Å². The summed E-state index contributed by atoms with van der Waals surface area (Å²) in [7, 11) is 0. The molecule has 104 valence electrons. The van der Waals surface area contributed by atoms with E-state index in [1.807, 2.05) is 0 Å². The van der Waals surface area contributed by atoms with E-state index in [2.05, 4.69) is 5.10 Å². The Balaban J connectivity index is 2.00. The molecular weight excluding hydrogens is 259 g/mol. The summed E-state index contributed by atoms with van der Waals surface area (Å²) in [5.74, 6) is -0.348. The highest BCUT2D eigenvalue weighted by Gasteiger charge is 2.21. The summed E-state index contributed by atoms with van der Waals surface area (Å²) in [4.78, 5) is 11.2. The van der Waals surface area contributed by atoms with Gasteiger partial charge in [-0.25, -0.2) is 9.07 Å². The van der Waals surface area contributed by atoms with E-state index in [1.54, 1.807) is 28.9 Å². The van der Waals surface area contributed by atoms with Gasteiger partial charge in [-0.15, -0.1) is 0 Å². The van der Waals surface area contributed by atoms with Crippen LogP contribution in [0.15, 0.2) is 30.3 Å². The Morgan fingerprint density at radius 1 is 1.35 bits per heavy atom. The van der Waals surface area contributed by atoms with Gasteiger partial charge in [0.1, 0.15) is 11.5 Å². The van der Waals surface area contributed by atoms with Crippen molar-refractivity contribution in [3.8, 4) is 11.3 Å². The molecule has 1 unspecified atom stereocenters. The molecule has 1 saturated heterocycles. The summed E-state index contributed by atoms with van der Waals surface area (Å²) in [6.45, 7) is 0.665. The van der Waals surface area contributed by atoms with E-state index >= 15 is 0 Å².